The molecule has 3 nitrogen and oxygen atoms in total. The van der Waals surface area contributed by atoms with Gasteiger partial charge < -0.3 is 9.47 Å². The summed E-state index contributed by atoms with van der Waals surface area (Å²) in [5, 5.41) is 1.54. The Hall–Kier alpha value is -1.39. The zero-order valence-electron chi connectivity index (χ0n) is 24.3. The first-order chi connectivity index (χ1) is 16.5. The fourth-order valence-electron chi connectivity index (χ4n) is 4.30. The average Bonchev–Trinajstić information content (AvgIpc) is 3.30. The Morgan fingerprint density at radius 1 is 1.37 bits per heavy atom. The summed E-state index contributed by atoms with van der Waals surface area (Å²) in [6, 6.07) is 6.89. The molecule has 0 amide bonds. The number of thiophene rings is 1. The van der Waals surface area contributed by atoms with Gasteiger partial charge in [-0.1, -0.05) is 25.2 Å². The van der Waals surface area contributed by atoms with E-state index in [0.717, 1.165) is 11.3 Å². The molecule has 4 rings (SSSR count). The van der Waals surface area contributed by atoms with Gasteiger partial charge in [0.15, 0.2) is 0 Å². The fourth-order valence-corrected chi connectivity index (χ4v) is 5.01. The van der Waals surface area contributed by atoms with E-state index < -0.39 is 43.6 Å². The third kappa shape index (κ3) is 4.07. The highest BCUT2D eigenvalue weighted by Crippen LogP contribution is 2.50. The Bertz CT molecular complexity index is 1060. The van der Waals surface area contributed by atoms with Crippen molar-refractivity contribution in [3.8, 4) is 5.75 Å². The van der Waals surface area contributed by atoms with E-state index in [1.807, 2.05) is 12.1 Å². The molecule has 1 spiro atoms. The van der Waals surface area contributed by atoms with Gasteiger partial charge in [0, 0.05) is 37.0 Å². The van der Waals surface area contributed by atoms with Crippen molar-refractivity contribution >= 4 is 11.3 Å². The second-order valence-corrected chi connectivity index (χ2v) is 8.29. The lowest BCUT2D eigenvalue weighted by Crippen LogP contribution is -2.46. The summed E-state index contributed by atoms with van der Waals surface area (Å²) >= 11 is 1.00. The van der Waals surface area contributed by atoms with Gasteiger partial charge in [-0.05, 0) is 68.5 Å². The number of hydrogen-bond acceptors (Lipinski definition) is 4. The highest BCUT2D eigenvalue weighted by molar-refractivity contribution is 7.10. The Balaban J connectivity index is 1.63. The number of nitrogens with zero attached hydrogens (tertiary/aromatic N) is 1. The van der Waals surface area contributed by atoms with Crippen molar-refractivity contribution in [1.29, 1.82) is 0 Å². The van der Waals surface area contributed by atoms with Crippen molar-refractivity contribution < 1.29 is 21.8 Å². The van der Waals surface area contributed by atoms with Crippen LogP contribution in [0.1, 0.15) is 80.6 Å². The van der Waals surface area contributed by atoms with Gasteiger partial charge in [0.1, 0.15) is 5.75 Å². The van der Waals surface area contributed by atoms with Gasteiger partial charge in [-0.15, -0.1) is 11.3 Å². The van der Waals surface area contributed by atoms with E-state index in [-0.39, 0.29) is 23.5 Å². The van der Waals surface area contributed by atoms with Crippen LogP contribution in [0.4, 0.5) is 0 Å². The van der Waals surface area contributed by atoms with Crippen molar-refractivity contribution in [3.05, 3.63) is 46.4 Å². The SMILES string of the molecule is [2H]C1([2H])CCC2(C1)C[C@](CC([2H])([2H])CC([2H])([2H])c1sccc1OC([2H])([2H])[2H])(c1ccccn1)CCO2. The van der Waals surface area contributed by atoms with Gasteiger partial charge in [0.2, 0.25) is 0 Å². The van der Waals surface area contributed by atoms with Crippen LogP contribution >= 0.6 is 11.3 Å². The lowest BCUT2D eigenvalue weighted by molar-refractivity contribution is -0.104. The summed E-state index contributed by atoms with van der Waals surface area (Å²) in [6.45, 7) is 0.344. The van der Waals surface area contributed by atoms with Crippen LogP contribution in [-0.4, -0.2) is 24.2 Å². The van der Waals surface area contributed by atoms with Gasteiger partial charge in [-0.3, -0.25) is 4.98 Å². The van der Waals surface area contributed by atoms with E-state index in [1.54, 1.807) is 12.3 Å². The van der Waals surface area contributed by atoms with Crippen molar-refractivity contribution in [2.45, 2.75) is 75.1 Å². The zero-order valence-corrected chi connectivity index (χ0v) is 16.1. The van der Waals surface area contributed by atoms with Crippen LogP contribution in [0.15, 0.2) is 35.8 Å². The lowest BCUT2D eigenvalue weighted by Gasteiger charge is -2.46. The van der Waals surface area contributed by atoms with Gasteiger partial charge in [-0.2, -0.15) is 0 Å². The Labute approximate surface area is 179 Å². The van der Waals surface area contributed by atoms with Crippen LogP contribution in [0, 0.1) is 0 Å². The summed E-state index contributed by atoms with van der Waals surface area (Å²) < 4.78 is 84.9. The standard InChI is InChI=1S/C23H31NO2S/c1-25-19-10-17-27-20(19)8-2-4-11-22(21-9-3-7-15-24-21)14-16-26-23(18-22)12-5-6-13-23/h3,7,9-10,15,17H,2,4-6,8,11-14,16,18H2,1H3/t22-/m1/s1/i1D3,4D2,5D2,8D2/t22-,23?. The fraction of sp³-hybridized carbons (Fsp3) is 0.609. The lowest BCUT2D eigenvalue weighted by atomic mass is 9.67. The molecule has 146 valence electrons. The Morgan fingerprint density at radius 2 is 2.37 bits per heavy atom. The summed E-state index contributed by atoms with van der Waals surface area (Å²) in [7, 11) is -2.74. The van der Waals surface area contributed by atoms with Crippen LogP contribution < -0.4 is 4.74 Å². The average molecular weight is 395 g/mol. The first kappa shape index (κ1) is 11.0. The Kier molecular flexibility index (Phi) is 3.38. The number of rotatable bonds is 7. The first-order valence-electron chi connectivity index (χ1n) is 13.9. The third-order valence-corrected chi connectivity index (χ3v) is 6.49. The summed E-state index contributed by atoms with van der Waals surface area (Å²) in [4.78, 5) is 4.60. The van der Waals surface area contributed by atoms with Gasteiger partial charge in [0.05, 0.1) is 16.8 Å². The second kappa shape index (κ2) is 8.32. The first-order valence-corrected chi connectivity index (χ1v) is 10.3. The van der Waals surface area contributed by atoms with E-state index in [4.69, 9.17) is 21.8 Å². The predicted octanol–water partition coefficient (Wildman–Crippen LogP) is 5.93. The van der Waals surface area contributed by atoms with Gasteiger partial charge in [0.25, 0.3) is 0 Å². The normalized spacial score (nSPS) is 36.2. The molecular formula is C23H31NO2S. The zero-order chi connectivity index (χ0) is 26.5. The molecule has 1 aliphatic carbocycles. The molecule has 4 heteroatoms. The molecule has 0 bridgehead atoms. The van der Waals surface area contributed by atoms with E-state index in [0.29, 0.717) is 38.0 Å². The molecule has 0 aromatic carbocycles. The molecule has 3 heterocycles. The minimum Gasteiger partial charge on any atom is -0.496 e. The molecule has 2 fully saturated rings. The number of hydrogen-bond donors (Lipinski definition) is 0. The van der Waals surface area contributed by atoms with Crippen LogP contribution in [0.3, 0.4) is 0 Å². The molecule has 27 heavy (non-hydrogen) atoms. The van der Waals surface area contributed by atoms with E-state index in [1.165, 1.54) is 11.4 Å². The third-order valence-electron chi connectivity index (χ3n) is 5.64. The molecule has 2 aromatic rings. The maximum absolute atomic E-state index is 8.92. The largest absolute Gasteiger partial charge is 0.496 e. The number of methoxy groups -OCH3 is 1. The number of aryl methyl sites for hydroxylation is 1. The number of pyridine rings is 1. The van der Waals surface area contributed by atoms with Crippen molar-refractivity contribution in [1.82, 2.24) is 4.98 Å². The molecule has 0 N–H and O–H groups in total. The summed E-state index contributed by atoms with van der Waals surface area (Å²) in [5.74, 6) is -0.0987. The molecule has 0 radical (unpaired) electrons. The molecular weight excluding hydrogens is 354 g/mol. The molecule has 1 aliphatic heterocycles. The van der Waals surface area contributed by atoms with Gasteiger partial charge in [-0.25, -0.2) is 0 Å². The van der Waals surface area contributed by atoms with E-state index in [9.17, 15) is 0 Å². The molecule has 1 saturated heterocycles. The van der Waals surface area contributed by atoms with Crippen LogP contribution in [-0.2, 0) is 16.5 Å². The minimum atomic E-state index is -2.74. The molecule has 1 saturated carbocycles. The van der Waals surface area contributed by atoms with Crippen LogP contribution in [0.5, 0.6) is 5.75 Å². The van der Waals surface area contributed by atoms with E-state index >= 15 is 0 Å². The monoisotopic (exact) mass is 394 g/mol. The number of aromatic nitrogens is 1. The quantitative estimate of drug-likeness (QED) is 0.583. The van der Waals surface area contributed by atoms with Gasteiger partial charge >= 0.3 is 0 Å². The van der Waals surface area contributed by atoms with Crippen LogP contribution in [0.25, 0.3) is 0 Å². The molecule has 2 aromatic heterocycles. The summed E-state index contributed by atoms with van der Waals surface area (Å²) in [5.41, 5.74) is -0.761. The predicted molar refractivity (Wildman–Crippen MR) is 111 cm³/mol. The molecule has 1 unspecified atom stereocenters. The topological polar surface area (TPSA) is 31.4 Å². The summed E-state index contributed by atoms with van der Waals surface area (Å²) in [6.07, 6.45) is -2.30. The maximum atomic E-state index is 8.92. The maximum Gasteiger partial charge on any atom is 0.132 e. The van der Waals surface area contributed by atoms with E-state index in [2.05, 4.69) is 4.98 Å². The minimum absolute atomic E-state index is 0.0224. The highest BCUT2D eigenvalue weighted by atomic mass is 32.1. The molecule has 2 atom stereocenters. The van der Waals surface area contributed by atoms with Crippen LogP contribution in [0.2, 0.25) is 0 Å². The van der Waals surface area contributed by atoms with Crippen molar-refractivity contribution in [3.63, 3.8) is 0 Å². The highest BCUT2D eigenvalue weighted by Gasteiger charge is 2.48. The molecule has 2 aliphatic rings. The van der Waals surface area contributed by atoms with Crippen molar-refractivity contribution in [2.75, 3.05) is 13.6 Å². The second-order valence-electron chi connectivity index (χ2n) is 7.38. The Morgan fingerprint density at radius 3 is 3.19 bits per heavy atom. The van der Waals surface area contributed by atoms with Crippen molar-refractivity contribution in [2.24, 2.45) is 0 Å². The number of ether oxygens (including phenoxy) is 2. The smallest absolute Gasteiger partial charge is 0.132 e.